The normalized spacial score (nSPS) is 11.4. The Balaban J connectivity index is 2.38. The zero-order chi connectivity index (χ0) is 13.3. The summed E-state index contributed by atoms with van der Waals surface area (Å²) in [5, 5.41) is 0. The van der Waals surface area contributed by atoms with Gasteiger partial charge in [0.25, 0.3) is 0 Å². The van der Waals surface area contributed by atoms with Crippen LogP contribution in [-0.2, 0) is 9.84 Å². The lowest BCUT2D eigenvalue weighted by molar-refractivity contribution is 0.101. The number of hydrogen-bond donors (Lipinski definition) is 0. The predicted molar refractivity (Wildman–Crippen MR) is 72.9 cm³/mol. The molecule has 1 aromatic carbocycles. The Bertz CT molecular complexity index is 679. The van der Waals surface area contributed by atoms with Crippen LogP contribution in [0, 0.1) is 0 Å². The highest BCUT2D eigenvalue weighted by Gasteiger charge is 2.11. The molecule has 3 nitrogen and oxygen atoms in total. The van der Waals surface area contributed by atoms with Gasteiger partial charge in [-0.1, -0.05) is 24.3 Å². The molecule has 1 aromatic heterocycles. The summed E-state index contributed by atoms with van der Waals surface area (Å²) in [5.41, 5.74) is 1.57. The second-order valence-electron chi connectivity index (χ2n) is 4.02. The maximum atomic E-state index is 11.4. The molecule has 0 radical (unpaired) electrons. The van der Waals surface area contributed by atoms with Crippen LogP contribution in [0.4, 0.5) is 0 Å². The van der Waals surface area contributed by atoms with Crippen molar-refractivity contribution in [2.75, 3.05) is 6.26 Å². The summed E-state index contributed by atoms with van der Waals surface area (Å²) >= 11 is 1.23. The number of thiophene rings is 1. The highest BCUT2D eigenvalue weighted by molar-refractivity contribution is 7.92. The van der Waals surface area contributed by atoms with Gasteiger partial charge in [-0.15, -0.1) is 11.3 Å². The second kappa shape index (κ2) is 4.66. The highest BCUT2D eigenvalue weighted by atomic mass is 32.2. The zero-order valence-electron chi connectivity index (χ0n) is 10.0. The molecular formula is C13H12O3S2. The number of carbonyl (C=O) groups is 1. The first-order chi connectivity index (χ1) is 8.38. The van der Waals surface area contributed by atoms with Gasteiger partial charge >= 0.3 is 0 Å². The summed E-state index contributed by atoms with van der Waals surface area (Å²) in [7, 11) is -3.15. The van der Waals surface area contributed by atoms with Crippen molar-refractivity contribution in [1.29, 1.82) is 0 Å². The predicted octanol–water partition coefficient (Wildman–Crippen LogP) is 3.02. The lowest BCUT2D eigenvalue weighted by Gasteiger charge is -1.99. The Hall–Kier alpha value is -1.46. The average molecular weight is 280 g/mol. The van der Waals surface area contributed by atoms with E-state index in [0.29, 0.717) is 9.77 Å². The Labute approximate surface area is 110 Å². The number of hydrogen-bond acceptors (Lipinski definition) is 4. The number of sulfone groups is 1. The summed E-state index contributed by atoms with van der Waals surface area (Å²) < 4.78 is 23.1. The Morgan fingerprint density at radius 1 is 1.06 bits per heavy atom. The fourth-order valence-corrected chi connectivity index (χ4v) is 3.48. The lowest BCUT2D eigenvalue weighted by Crippen LogP contribution is -1.91. The highest BCUT2D eigenvalue weighted by Crippen LogP contribution is 2.30. The monoisotopic (exact) mass is 280 g/mol. The van der Waals surface area contributed by atoms with Gasteiger partial charge in [-0.25, -0.2) is 8.42 Å². The Morgan fingerprint density at radius 3 is 2.11 bits per heavy atom. The molecule has 0 spiro atoms. The molecule has 0 atom stereocenters. The van der Waals surface area contributed by atoms with E-state index in [1.165, 1.54) is 24.5 Å². The molecule has 0 N–H and O–H groups in total. The van der Waals surface area contributed by atoms with Crippen LogP contribution < -0.4 is 0 Å². The largest absolute Gasteiger partial charge is 0.295 e. The molecule has 2 aromatic rings. The smallest absolute Gasteiger partial charge is 0.184 e. The van der Waals surface area contributed by atoms with E-state index in [9.17, 15) is 13.2 Å². The standard InChI is InChI=1S/C13H12O3S2/c1-9(14)10-3-5-11(6-4-10)12-7-8-13(17-12)18(2,15)16/h3-8H,1-2H3. The van der Waals surface area contributed by atoms with Crippen LogP contribution in [-0.4, -0.2) is 20.5 Å². The van der Waals surface area contributed by atoms with Gasteiger partial charge in [0, 0.05) is 16.7 Å². The summed E-state index contributed by atoms with van der Waals surface area (Å²) in [6.07, 6.45) is 1.20. The van der Waals surface area contributed by atoms with Gasteiger partial charge in [0.05, 0.1) is 0 Å². The van der Waals surface area contributed by atoms with E-state index in [1.54, 1.807) is 24.3 Å². The second-order valence-corrected chi connectivity index (χ2v) is 7.35. The number of carbonyl (C=O) groups excluding carboxylic acids is 1. The first-order valence-electron chi connectivity index (χ1n) is 5.29. The molecule has 94 valence electrons. The molecule has 0 fully saturated rings. The van der Waals surface area contributed by atoms with Crippen molar-refractivity contribution < 1.29 is 13.2 Å². The SMILES string of the molecule is CC(=O)c1ccc(-c2ccc(S(C)(=O)=O)s2)cc1. The summed E-state index contributed by atoms with van der Waals surface area (Å²) in [6, 6.07) is 10.5. The molecule has 0 aliphatic heterocycles. The molecule has 0 saturated carbocycles. The van der Waals surface area contributed by atoms with Crippen molar-refractivity contribution in [2.45, 2.75) is 11.1 Å². The van der Waals surface area contributed by atoms with Crippen LogP contribution in [0.25, 0.3) is 10.4 Å². The Kier molecular flexibility index (Phi) is 3.36. The quantitative estimate of drug-likeness (QED) is 0.812. The first-order valence-corrected chi connectivity index (χ1v) is 8.00. The molecule has 0 aliphatic rings. The van der Waals surface area contributed by atoms with Crippen LogP contribution in [0.15, 0.2) is 40.6 Å². The van der Waals surface area contributed by atoms with Gasteiger partial charge in [0.2, 0.25) is 0 Å². The first kappa shape index (κ1) is 13.0. The zero-order valence-corrected chi connectivity index (χ0v) is 11.6. The van der Waals surface area contributed by atoms with Crippen LogP contribution in [0.2, 0.25) is 0 Å². The van der Waals surface area contributed by atoms with Crippen molar-refractivity contribution in [2.24, 2.45) is 0 Å². The van der Waals surface area contributed by atoms with Gasteiger partial charge in [0.1, 0.15) is 4.21 Å². The van der Waals surface area contributed by atoms with E-state index in [4.69, 9.17) is 0 Å². The molecule has 5 heteroatoms. The fraction of sp³-hybridized carbons (Fsp3) is 0.154. The number of ketones is 1. The molecule has 0 amide bonds. The van der Waals surface area contributed by atoms with Gasteiger partial charge in [-0.2, -0.15) is 0 Å². The molecule has 18 heavy (non-hydrogen) atoms. The fourth-order valence-electron chi connectivity index (χ4n) is 1.54. The van der Waals surface area contributed by atoms with Crippen molar-refractivity contribution in [1.82, 2.24) is 0 Å². The number of Topliss-reactive ketones (excluding diaryl/α,β-unsaturated/α-hetero) is 1. The van der Waals surface area contributed by atoms with E-state index in [1.807, 2.05) is 12.1 Å². The molecule has 0 bridgehead atoms. The minimum Gasteiger partial charge on any atom is -0.295 e. The number of benzene rings is 1. The molecule has 2 rings (SSSR count). The minimum absolute atomic E-state index is 0.0181. The van der Waals surface area contributed by atoms with Crippen molar-refractivity contribution in [3.63, 3.8) is 0 Å². The van der Waals surface area contributed by atoms with Gasteiger partial charge in [-0.3, -0.25) is 4.79 Å². The summed E-state index contributed by atoms with van der Waals surface area (Å²) in [5.74, 6) is 0.0181. The van der Waals surface area contributed by atoms with Crippen LogP contribution in [0.3, 0.4) is 0 Å². The van der Waals surface area contributed by atoms with E-state index in [-0.39, 0.29) is 5.78 Å². The molecular weight excluding hydrogens is 268 g/mol. The molecule has 1 heterocycles. The molecule has 0 unspecified atom stereocenters. The van der Waals surface area contributed by atoms with Crippen molar-refractivity contribution in [3.05, 3.63) is 42.0 Å². The number of rotatable bonds is 3. The summed E-state index contributed by atoms with van der Waals surface area (Å²) in [4.78, 5) is 12.0. The van der Waals surface area contributed by atoms with E-state index >= 15 is 0 Å². The lowest BCUT2D eigenvalue weighted by atomic mass is 10.1. The minimum atomic E-state index is -3.15. The summed E-state index contributed by atoms with van der Waals surface area (Å²) in [6.45, 7) is 1.52. The third-order valence-electron chi connectivity index (χ3n) is 2.52. The van der Waals surface area contributed by atoms with Gasteiger partial charge in [-0.05, 0) is 24.6 Å². The van der Waals surface area contributed by atoms with Gasteiger partial charge in [0.15, 0.2) is 15.6 Å². The van der Waals surface area contributed by atoms with E-state index in [0.717, 1.165) is 10.4 Å². The third-order valence-corrected chi connectivity index (χ3v) is 5.48. The topological polar surface area (TPSA) is 51.2 Å². The Morgan fingerprint density at radius 2 is 1.67 bits per heavy atom. The molecule has 0 saturated heterocycles. The van der Waals surface area contributed by atoms with E-state index in [2.05, 4.69) is 0 Å². The van der Waals surface area contributed by atoms with Crippen LogP contribution in [0.1, 0.15) is 17.3 Å². The average Bonchev–Trinajstić information content (AvgIpc) is 2.78. The van der Waals surface area contributed by atoms with E-state index < -0.39 is 9.84 Å². The maximum absolute atomic E-state index is 11.4. The van der Waals surface area contributed by atoms with Crippen LogP contribution >= 0.6 is 11.3 Å². The maximum Gasteiger partial charge on any atom is 0.184 e. The van der Waals surface area contributed by atoms with Crippen molar-refractivity contribution in [3.8, 4) is 10.4 Å². The third kappa shape index (κ3) is 2.68. The van der Waals surface area contributed by atoms with Gasteiger partial charge < -0.3 is 0 Å². The van der Waals surface area contributed by atoms with Crippen LogP contribution in [0.5, 0.6) is 0 Å². The van der Waals surface area contributed by atoms with Crippen molar-refractivity contribution >= 4 is 27.0 Å². The molecule has 0 aliphatic carbocycles.